The molecule has 2 aromatic heterocycles. The Morgan fingerprint density at radius 2 is 1.68 bits per heavy atom. The van der Waals surface area contributed by atoms with E-state index in [9.17, 15) is 9.59 Å². The molecule has 0 bridgehead atoms. The number of aromatic nitrogens is 2. The maximum atomic E-state index is 12.6. The molecule has 4 aromatic rings. The van der Waals surface area contributed by atoms with Crippen LogP contribution in [0.5, 0.6) is 0 Å². The molecule has 0 spiro atoms. The maximum Gasteiger partial charge on any atom is 0.303 e. The molecule has 4 nitrogen and oxygen atoms in total. The molecule has 0 atom stereocenters. The summed E-state index contributed by atoms with van der Waals surface area (Å²) < 4.78 is 1.40. The van der Waals surface area contributed by atoms with Gasteiger partial charge in [0, 0.05) is 28.7 Å². The molecule has 0 unspecified atom stereocenters. The van der Waals surface area contributed by atoms with Crippen LogP contribution in [0.2, 0.25) is 0 Å². The van der Waals surface area contributed by atoms with E-state index in [1.807, 2.05) is 54.6 Å². The lowest BCUT2D eigenvalue weighted by Crippen LogP contribution is -2.20. The number of ketones is 1. The molecule has 4 heteroatoms. The summed E-state index contributed by atoms with van der Waals surface area (Å²) in [7, 11) is 0. The van der Waals surface area contributed by atoms with Crippen molar-refractivity contribution in [2.24, 2.45) is 0 Å². The van der Waals surface area contributed by atoms with E-state index in [2.05, 4.69) is 4.98 Å². The first kappa shape index (κ1) is 12.6. The first-order chi connectivity index (χ1) is 10.8. The maximum absolute atomic E-state index is 12.6. The van der Waals surface area contributed by atoms with Gasteiger partial charge in [-0.2, -0.15) is 0 Å². The van der Waals surface area contributed by atoms with E-state index in [-0.39, 0.29) is 0 Å². The summed E-state index contributed by atoms with van der Waals surface area (Å²) >= 11 is 0. The van der Waals surface area contributed by atoms with E-state index in [0.29, 0.717) is 5.56 Å². The van der Waals surface area contributed by atoms with Crippen molar-refractivity contribution in [2.45, 2.75) is 0 Å². The Labute approximate surface area is 126 Å². The summed E-state index contributed by atoms with van der Waals surface area (Å²) in [5.74, 6) is -1.07. The summed E-state index contributed by atoms with van der Waals surface area (Å²) in [4.78, 5) is 28.2. The number of rotatable bonds is 2. The number of para-hydroxylation sites is 2. The van der Waals surface area contributed by atoms with Gasteiger partial charge >= 0.3 is 5.91 Å². The third kappa shape index (κ3) is 1.78. The smallest absolute Gasteiger partial charge is 0.303 e. The predicted molar refractivity (Wildman–Crippen MR) is 85.2 cm³/mol. The molecule has 1 N–H and O–H groups in total. The van der Waals surface area contributed by atoms with E-state index in [0.717, 1.165) is 21.8 Å². The Kier molecular flexibility index (Phi) is 2.69. The van der Waals surface area contributed by atoms with Gasteiger partial charge in [-0.25, -0.2) is 0 Å². The van der Waals surface area contributed by atoms with Gasteiger partial charge in [-0.05, 0) is 18.2 Å². The van der Waals surface area contributed by atoms with Crippen molar-refractivity contribution in [1.82, 2.24) is 9.55 Å². The molecule has 0 saturated heterocycles. The molecule has 0 fully saturated rings. The van der Waals surface area contributed by atoms with Crippen LogP contribution >= 0.6 is 0 Å². The first-order valence-electron chi connectivity index (χ1n) is 6.97. The molecule has 4 rings (SSSR count). The number of carbonyl (C=O) groups excluding carboxylic acids is 2. The molecule has 0 aliphatic rings. The van der Waals surface area contributed by atoms with Gasteiger partial charge < -0.3 is 4.98 Å². The summed E-state index contributed by atoms with van der Waals surface area (Å²) in [6, 6.07) is 16.8. The van der Waals surface area contributed by atoms with Crippen LogP contribution in [0.4, 0.5) is 0 Å². The zero-order chi connectivity index (χ0) is 15.1. The van der Waals surface area contributed by atoms with Crippen LogP contribution in [0.1, 0.15) is 15.2 Å². The monoisotopic (exact) mass is 288 g/mol. The Hall–Kier alpha value is -3.14. The zero-order valence-corrected chi connectivity index (χ0v) is 11.6. The van der Waals surface area contributed by atoms with Crippen molar-refractivity contribution in [3.05, 3.63) is 72.6 Å². The number of Topliss-reactive ketones (excluding diaryl/α,β-unsaturated/α-hetero) is 1. The molecule has 22 heavy (non-hydrogen) atoms. The minimum atomic E-state index is -0.550. The van der Waals surface area contributed by atoms with Gasteiger partial charge in [-0.1, -0.05) is 36.4 Å². The summed E-state index contributed by atoms with van der Waals surface area (Å²) in [6.45, 7) is 0. The second-order valence-electron chi connectivity index (χ2n) is 5.13. The number of H-pyrrole nitrogens is 1. The molecule has 0 aliphatic heterocycles. The number of hydrogen-bond donors (Lipinski definition) is 1. The average Bonchev–Trinajstić information content (AvgIpc) is 3.17. The largest absolute Gasteiger partial charge is 0.360 e. The number of aromatic amines is 1. The fraction of sp³-hybridized carbons (Fsp3) is 0. The summed E-state index contributed by atoms with van der Waals surface area (Å²) in [5, 5.41) is 1.69. The normalized spacial score (nSPS) is 11.1. The van der Waals surface area contributed by atoms with E-state index in [1.54, 1.807) is 12.4 Å². The van der Waals surface area contributed by atoms with Crippen LogP contribution in [-0.2, 0) is 0 Å². The number of nitrogens with zero attached hydrogens (tertiary/aromatic N) is 1. The van der Waals surface area contributed by atoms with Gasteiger partial charge in [0.1, 0.15) is 0 Å². The number of benzene rings is 2. The van der Waals surface area contributed by atoms with Crippen LogP contribution in [0.15, 0.2) is 67.0 Å². The molecule has 106 valence electrons. The Balaban J connectivity index is 1.81. The van der Waals surface area contributed by atoms with Crippen molar-refractivity contribution in [3.8, 4) is 0 Å². The lowest BCUT2D eigenvalue weighted by Gasteiger charge is -2.02. The second-order valence-corrected chi connectivity index (χ2v) is 5.13. The second kappa shape index (κ2) is 4.70. The van der Waals surface area contributed by atoms with Gasteiger partial charge in [0.25, 0.3) is 5.78 Å². The fourth-order valence-electron chi connectivity index (χ4n) is 2.74. The topological polar surface area (TPSA) is 54.9 Å². The molecule has 2 aromatic carbocycles. The average molecular weight is 288 g/mol. The van der Waals surface area contributed by atoms with Gasteiger partial charge in [0.05, 0.1) is 11.1 Å². The third-order valence-corrected chi connectivity index (χ3v) is 3.85. The van der Waals surface area contributed by atoms with E-state index in [1.165, 1.54) is 4.57 Å². The van der Waals surface area contributed by atoms with Crippen LogP contribution < -0.4 is 0 Å². The number of nitrogens with one attached hydrogen (secondary N) is 1. The Morgan fingerprint density at radius 3 is 2.59 bits per heavy atom. The van der Waals surface area contributed by atoms with Crippen molar-refractivity contribution in [3.63, 3.8) is 0 Å². The van der Waals surface area contributed by atoms with Crippen molar-refractivity contribution >= 4 is 33.5 Å². The van der Waals surface area contributed by atoms with E-state index < -0.39 is 11.7 Å². The van der Waals surface area contributed by atoms with Gasteiger partial charge in [0.2, 0.25) is 0 Å². The molecule has 0 amide bonds. The Morgan fingerprint density at radius 1 is 0.909 bits per heavy atom. The minimum absolute atomic E-state index is 0.401. The van der Waals surface area contributed by atoms with E-state index >= 15 is 0 Å². The van der Waals surface area contributed by atoms with Crippen LogP contribution in [0.3, 0.4) is 0 Å². The molecule has 2 heterocycles. The lowest BCUT2D eigenvalue weighted by atomic mass is 10.1. The predicted octanol–water partition coefficient (Wildman–Crippen LogP) is 3.65. The van der Waals surface area contributed by atoms with Crippen LogP contribution in [0.25, 0.3) is 21.8 Å². The highest BCUT2D eigenvalue weighted by molar-refractivity contribution is 6.46. The van der Waals surface area contributed by atoms with Gasteiger partial charge in [-0.15, -0.1) is 0 Å². The van der Waals surface area contributed by atoms with Crippen molar-refractivity contribution in [1.29, 1.82) is 0 Å². The molecule has 0 saturated carbocycles. The van der Waals surface area contributed by atoms with Crippen LogP contribution in [0, 0.1) is 0 Å². The zero-order valence-electron chi connectivity index (χ0n) is 11.6. The number of fused-ring (bicyclic) bond motifs is 2. The summed E-state index contributed by atoms with van der Waals surface area (Å²) in [5.41, 5.74) is 1.98. The van der Waals surface area contributed by atoms with Crippen LogP contribution in [-0.4, -0.2) is 21.2 Å². The third-order valence-electron chi connectivity index (χ3n) is 3.85. The lowest BCUT2D eigenvalue weighted by molar-refractivity contribution is 0.0769. The van der Waals surface area contributed by atoms with Gasteiger partial charge in [0.15, 0.2) is 0 Å². The van der Waals surface area contributed by atoms with E-state index in [4.69, 9.17) is 0 Å². The Bertz CT molecular complexity index is 940. The number of hydrogen-bond acceptors (Lipinski definition) is 2. The molecule has 0 radical (unpaired) electrons. The minimum Gasteiger partial charge on any atom is -0.360 e. The van der Waals surface area contributed by atoms with Crippen molar-refractivity contribution in [2.75, 3.05) is 0 Å². The SMILES string of the molecule is O=C(C(=O)n1ccc2ccccc21)c1c[nH]c2ccccc12. The standard InChI is InChI=1S/C18H12N2O2/c21-17(14-11-19-15-7-3-2-6-13(14)15)18(22)20-10-9-12-5-1-4-8-16(12)20/h1-11,19H. The fourth-order valence-corrected chi connectivity index (χ4v) is 2.74. The number of carbonyl (C=O) groups is 2. The summed E-state index contributed by atoms with van der Waals surface area (Å²) in [6.07, 6.45) is 3.23. The highest BCUT2D eigenvalue weighted by Gasteiger charge is 2.22. The van der Waals surface area contributed by atoms with Crippen molar-refractivity contribution < 1.29 is 9.59 Å². The van der Waals surface area contributed by atoms with Gasteiger partial charge in [-0.3, -0.25) is 14.2 Å². The first-order valence-corrected chi connectivity index (χ1v) is 6.97. The molecule has 0 aliphatic carbocycles. The highest BCUT2D eigenvalue weighted by atomic mass is 16.2. The quantitative estimate of drug-likeness (QED) is 0.452. The molecular formula is C18H12N2O2. The molecular weight excluding hydrogens is 276 g/mol. The highest BCUT2D eigenvalue weighted by Crippen LogP contribution is 2.20.